The summed E-state index contributed by atoms with van der Waals surface area (Å²) in [5.74, 6) is 1.93. The molecule has 3 heterocycles. The highest BCUT2D eigenvalue weighted by Crippen LogP contribution is 2.21. The number of anilines is 2. The molecule has 7 heteroatoms. The van der Waals surface area contributed by atoms with Gasteiger partial charge in [0, 0.05) is 45.0 Å². The average Bonchev–Trinajstić information content (AvgIpc) is 3.02. The van der Waals surface area contributed by atoms with Crippen molar-refractivity contribution >= 4 is 11.8 Å². The van der Waals surface area contributed by atoms with Crippen molar-refractivity contribution in [1.29, 1.82) is 0 Å². The molecule has 2 aliphatic heterocycles. The van der Waals surface area contributed by atoms with Gasteiger partial charge in [-0.15, -0.1) is 0 Å². The molecule has 3 rings (SSSR count). The molecule has 7 nitrogen and oxygen atoms in total. The van der Waals surface area contributed by atoms with Crippen molar-refractivity contribution in [2.75, 3.05) is 49.5 Å². The maximum atomic E-state index is 10.5. The van der Waals surface area contributed by atoms with Crippen LogP contribution >= 0.6 is 0 Å². The van der Waals surface area contributed by atoms with Gasteiger partial charge in [0.2, 0.25) is 5.95 Å². The van der Waals surface area contributed by atoms with E-state index in [0.717, 1.165) is 44.8 Å². The Balaban J connectivity index is 1.54. The Hall–Kier alpha value is -1.44. The van der Waals surface area contributed by atoms with Crippen LogP contribution in [0.15, 0.2) is 12.3 Å². The topological polar surface area (TPSA) is 84.8 Å². The van der Waals surface area contributed by atoms with Crippen LogP contribution in [0.4, 0.5) is 11.8 Å². The molecule has 0 aromatic carbocycles. The third kappa shape index (κ3) is 6.52. The van der Waals surface area contributed by atoms with E-state index in [1.807, 2.05) is 26.1 Å². The molecule has 1 aromatic rings. The molecule has 164 valence electrons. The maximum absolute atomic E-state index is 10.5. The lowest BCUT2D eigenvalue weighted by Crippen LogP contribution is -2.47. The molecule has 1 aromatic heterocycles. The van der Waals surface area contributed by atoms with Crippen molar-refractivity contribution in [3.05, 3.63) is 12.3 Å². The van der Waals surface area contributed by atoms with E-state index < -0.39 is 6.10 Å². The van der Waals surface area contributed by atoms with E-state index in [9.17, 15) is 10.2 Å². The predicted octanol–water partition coefficient (Wildman–Crippen LogP) is 2.36. The summed E-state index contributed by atoms with van der Waals surface area (Å²) in [6.07, 6.45) is 8.72. The monoisotopic (exact) mass is 405 g/mol. The van der Waals surface area contributed by atoms with E-state index >= 15 is 0 Å². The molecule has 0 bridgehead atoms. The summed E-state index contributed by atoms with van der Waals surface area (Å²) >= 11 is 0. The Morgan fingerprint density at radius 1 is 1.14 bits per heavy atom. The molecule has 0 radical (unpaired) electrons. The lowest BCUT2D eigenvalue weighted by molar-refractivity contribution is 0.0291. The molecule has 0 aliphatic carbocycles. The van der Waals surface area contributed by atoms with E-state index in [2.05, 4.69) is 20.1 Å². The zero-order chi connectivity index (χ0) is 20.6. The second-order valence-corrected chi connectivity index (χ2v) is 8.97. The summed E-state index contributed by atoms with van der Waals surface area (Å²) in [6, 6.07) is 2.31. The van der Waals surface area contributed by atoms with Crippen molar-refractivity contribution < 1.29 is 10.2 Å². The van der Waals surface area contributed by atoms with Crippen molar-refractivity contribution in [1.82, 2.24) is 14.9 Å². The van der Waals surface area contributed by atoms with Crippen molar-refractivity contribution in [3.63, 3.8) is 0 Å². The van der Waals surface area contributed by atoms with Crippen LogP contribution in [0.5, 0.6) is 0 Å². The average molecular weight is 406 g/mol. The fourth-order valence-electron chi connectivity index (χ4n) is 4.39. The first-order valence-corrected chi connectivity index (χ1v) is 11.4. The van der Waals surface area contributed by atoms with Gasteiger partial charge in [0.1, 0.15) is 5.82 Å². The van der Waals surface area contributed by atoms with E-state index in [1.54, 1.807) is 0 Å². The van der Waals surface area contributed by atoms with E-state index in [0.29, 0.717) is 18.5 Å². The summed E-state index contributed by atoms with van der Waals surface area (Å²) < 4.78 is 0. The highest BCUT2D eigenvalue weighted by Gasteiger charge is 2.26. The van der Waals surface area contributed by atoms with Crippen LogP contribution in [-0.2, 0) is 0 Å². The number of hydrogen-bond acceptors (Lipinski definition) is 7. The van der Waals surface area contributed by atoms with Crippen LogP contribution in [-0.4, -0.2) is 76.6 Å². The Morgan fingerprint density at radius 3 is 2.62 bits per heavy atom. The summed E-state index contributed by atoms with van der Waals surface area (Å²) in [5, 5.41) is 23.4. The number of aliphatic hydroxyl groups excluding tert-OH is 2. The summed E-state index contributed by atoms with van der Waals surface area (Å²) in [7, 11) is 0. The second-order valence-electron chi connectivity index (χ2n) is 8.97. The Morgan fingerprint density at radius 2 is 1.90 bits per heavy atom. The van der Waals surface area contributed by atoms with E-state index in [1.165, 1.54) is 25.7 Å². The van der Waals surface area contributed by atoms with Gasteiger partial charge in [-0.25, -0.2) is 4.98 Å². The lowest BCUT2D eigenvalue weighted by Gasteiger charge is -2.36. The number of hydrogen-bond donors (Lipinski definition) is 3. The van der Waals surface area contributed by atoms with Crippen LogP contribution < -0.4 is 10.2 Å². The van der Waals surface area contributed by atoms with Gasteiger partial charge < -0.3 is 20.4 Å². The molecule has 1 unspecified atom stereocenters. The zero-order valence-corrected chi connectivity index (χ0v) is 18.1. The van der Waals surface area contributed by atoms with Crippen LogP contribution in [0.3, 0.4) is 0 Å². The van der Waals surface area contributed by atoms with Gasteiger partial charge in [0.25, 0.3) is 0 Å². The van der Waals surface area contributed by atoms with Crippen LogP contribution in [0, 0.1) is 11.8 Å². The molecule has 2 fully saturated rings. The molecule has 2 aliphatic rings. The minimum atomic E-state index is -0.418. The SMILES string of the molecule is C[C@H]([C@H](C)CO)[C@@H](O)CN1CCCC(Nc2nccc(N3CCCCCC3)n2)C1. The van der Waals surface area contributed by atoms with Gasteiger partial charge in [0.05, 0.1) is 6.10 Å². The first-order valence-electron chi connectivity index (χ1n) is 11.4. The van der Waals surface area contributed by atoms with Gasteiger partial charge >= 0.3 is 0 Å². The Kier molecular flexibility index (Phi) is 8.51. The van der Waals surface area contributed by atoms with Crippen molar-refractivity contribution in [3.8, 4) is 0 Å². The molecule has 29 heavy (non-hydrogen) atoms. The fraction of sp³-hybridized carbons (Fsp3) is 0.818. The van der Waals surface area contributed by atoms with Gasteiger partial charge in [-0.05, 0) is 50.1 Å². The summed E-state index contributed by atoms with van der Waals surface area (Å²) in [5.41, 5.74) is 0. The molecule has 2 saturated heterocycles. The zero-order valence-electron chi connectivity index (χ0n) is 18.1. The fourth-order valence-corrected chi connectivity index (χ4v) is 4.39. The van der Waals surface area contributed by atoms with Gasteiger partial charge in [0.15, 0.2) is 0 Å². The second kappa shape index (κ2) is 11.1. The first-order chi connectivity index (χ1) is 14.1. The largest absolute Gasteiger partial charge is 0.396 e. The smallest absolute Gasteiger partial charge is 0.224 e. The van der Waals surface area contributed by atoms with Crippen molar-refractivity contribution in [2.45, 2.75) is 64.5 Å². The summed E-state index contributed by atoms with van der Waals surface area (Å²) in [4.78, 5) is 14.0. The predicted molar refractivity (Wildman–Crippen MR) is 117 cm³/mol. The minimum absolute atomic E-state index is 0.0852. The van der Waals surface area contributed by atoms with Gasteiger partial charge in [-0.2, -0.15) is 4.98 Å². The minimum Gasteiger partial charge on any atom is -0.396 e. The standard InChI is InChI=1S/C22H39N5O2/c1-17(16-28)18(2)20(29)15-26-11-7-8-19(14-26)24-22-23-10-9-21(25-22)27-12-5-3-4-6-13-27/h9-10,17-20,28-29H,3-8,11-16H2,1-2H3,(H,23,24,25)/t17-,18-,19?,20+/m1/s1. The van der Waals surface area contributed by atoms with E-state index in [-0.39, 0.29) is 18.4 Å². The molecule has 0 amide bonds. The van der Waals surface area contributed by atoms with Crippen molar-refractivity contribution in [2.24, 2.45) is 11.8 Å². The maximum Gasteiger partial charge on any atom is 0.224 e. The number of rotatable bonds is 8. The van der Waals surface area contributed by atoms with Gasteiger partial charge in [-0.1, -0.05) is 26.7 Å². The third-order valence-electron chi connectivity index (χ3n) is 6.65. The highest BCUT2D eigenvalue weighted by atomic mass is 16.3. The Bertz CT molecular complexity index is 609. The molecule has 0 saturated carbocycles. The number of nitrogens with zero attached hydrogens (tertiary/aromatic N) is 4. The number of aromatic nitrogens is 2. The summed E-state index contributed by atoms with van der Waals surface area (Å²) in [6.45, 7) is 8.83. The quantitative estimate of drug-likeness (QED) is 0.612. The van der Waals surface area contributed by atoms with Gasteiger partial charge in [-0.3, -0.25) is 4.90 Å². The number of piperidine rings is 1. The number of β-amino-alcohol motifs (C(OH)–C–C–N with tert-alkyl or cyclic N) is 1. The lowest BCUT2D eigenvalue weighted by atomic mass is 9.90. The van der Waals surface area contributed by atoms with Crippen LogP contribution in [0.2, 0.25) is 0 Å². The normalized spacial score (nSPS) is 24.6. The highest BCUT2D eigenvalue weighted by molar-refractivity contribution is 5.43. The third-order valence-corrected chi connectivity index (χ3v) is 6.65. The van der Waals surface area contributed by atoms with E-state index in [4.69, 9.17) is 4.98 Å². The number of nitrogens with one attached hydrogen (secondary N) is 1. The number of aliphatic hydroxyl groups is 2. The first kappa shape index (κ1) is 22.2. The molecule has 4 atom stereocenters. The van der Waals surface area contributed by atoms with Crippen LogP contribution in [0.25, 0.3) is 0 Å². The molecule has 0 spiro atoms. The molecular formula is C22H39N5O2. The van der Waals surface area contributed by atoms with Crippen LogP contribution in [0.1, 0.15) is 52.4 Å². The molecule has 3 N–H and O–H groups in total. The number of likely N-dealkylation sites (tertiary alicyclic amines) is 1. The Labute approximate surface area is 175 Å². The molecular weight excluding hydrogens is 366 g/mol.